The lowest BCUT2D eigenvalue weighted by molar-refractivity contribution is -0.385. The summed E-state index contributed by atoms with van der Waals surface area (Å²) in [5, 5.41) is 11.3. The molecule has 0 amide bonds. The van der Waals surface area contributed by atoms with Gasteiger partial charge in [0.2, 0.25) is 5.78 Å². The molecule has 0 saturated carbocycles. The molecule has 2 aromatic rings. The third-order valence-corrected chi connectivity index (χ3v) is 3.96. The molecule has 154 valence electrons. The summed E-state index contributed by atoms with van der Waals surface area (Å²) in [6.07, 6.45) is 0. The van der Waals surface area contributed by atoms with Crippen LogP contribution in [-0.4, -0.2) is 51.7 Å². The Hall–Kier alpha value is -3.82. The molecule has 0 aliphatic carbocycles. The Morgan fingerprint density at radius 1 is 0.862 bits per heavy atom. The van der Waals surface area contributed by atoms with Crippen LogP contribution in [0.25, 0.3) is 0 Å². The Balaban J connectivity index is 2.25. The molecule has 2 rings (SSSR count). The van der Waals surface area contributed by atoms with Crippen molar-refractivity contribution >= 4 is 17.4 Å². The van der Waals surface area contributed by atoms with Gasteiger partial charge in [0.15, 0.2) is 18.1 Å². The van der Waals surface area contributed by atoms with Crippen molar-refractivity contribution in [2.75, 3.05) is 35.0 Å². The molecule has 0 fully saturated rings. The van der Waals surface area contributed by atoms with Crippen molar-refractivity contribution in [1.82, 2.24) is 0 Å². The van der Waals surface area contributed by atoms with Crippen LogP contribution in [-0.2, 0) is 4.74 Å². The van der Waals surface area contributed by atoms with Crippen molar-refractivity contribution < 1.29 is 38.2 Å². The predicted molar refractivity (Wildman–Crippen MR) is 100 cm³/mol. The number of nitro groups is 1. The standard InChI is InChI=1S/C19H19NO9/c1-25-11-5-6-12(16(7-11)26-2)15(21)10-29-19(22)13-8-17(27-3)18(28-4)9-14(13)20(23)24/h5-9H,10H2,1-4H3. The summed E-state index contributed by atoms with van der Waals surface area (Å²) in [4.78, 5) is 35.4. The summed E-state index contributed by atoms with van der Waals surface area (Å²) >= 11 is 0. The number of ketones is 1. The minimum atomic E-state index is -1.06. The number of ether oxygens (including phenoxy) is 5. The monoisotopic (exact) mass is 405 g/mol. The molecule has 0 bridgehead atoms. The highest BCUT2D eigenvalue weighted by molar-refractivity contribution is 6.02. The van der Waals surface area contributed by atoms with Crippen LogP contribution < -0.4 is 18.9 Å². The number of methoxy groups -OCH3 is 4. The smallest absolute Gasteiger partial charge is 0.345 e. The van der Waals surface area contributed by atoms with Gasteiger partial charge in [0, 0.05) is 12.1 Å². The van der Waals surface area contributed by atoms with E-state index in [-0.39, 0.29) is 28.4 Å². The minimum Gasteiger partial charge on any atom is -0.497 e. The number of nitro benzene ring substituents is 1. The number of Topliss-reactive ketones (excluding diaryl/α,β-unsaturated/α-hetero) is 1. The molecule has 0 saturated heterocycles. The van der Waals surface area contributed by atoms with Gasteiger partial charge in [-0.3, -0.25) is 14.9 Å². The zero-order valence-corrected chi connectivity index (χ0v) is 16.2. The average molecular weight is 405 g/mol. The highest BCUT2D eigenvalue weighted by Crippen LogP contribution is 2.35. The van der Waals surface area contributed by atoms with Gasteiger partial charge in [0.1, 0.15) is 17.1 Å². The number of nitrogens with zero attached hydrogens (tertiary/aromatic N) is 1. The number of carbonyl (C=O) groups excluding carboxylic acids is 2. The fourth-order valence-corrected chi connectivity index (χ4v) is 2.50. The quantitative estimate of drug-likeness (QED) is 0.268. The summed E-state index contributed by atoms with van der Waals surface area (Å²) in [6, 6.07) is 6.69. The van der Waals surface area contributed by atoms with Crippen LogP contribution in [0.5, 0.6) is 23.0 Å². The number of rotatable bonds is 9. The van der Waals surface area contributed by atoms with Crippen LogP contribution in [0.3, 0.4) is 0 Å². The van der Waals surface area contributed by atoms with E-state index in [0.29, 0.717) is 5.75 Å². The highest BCUT2D eigenvalue weighted by atomic mass is 16.6. The van der Waals surface area contributed by atoms with Crippen molar-refractivity contribution in [3.05, 3.63) is 51.6 Å². The first-order valence-corrected chi connectivity index (χ1v) is 8.19. The molecule has 0 aliphatic rings. The van der Waals surface area contributed by atoms with Gasteiger partial charge in [-0.1, -0.05) is 0 Å². The molecule has 0 heterocycles. The van der Waals surface area contributed by atoms with Crippen molar-refractivity contribution in [2.45, 2.75) is 0 Å². The maximum absolute atomic E-state index is 12.4. The van der Waals surface area contributed by atoms with Gasteiger partial charge in [-0.2, -0.15) is 0 Å². The van der Waals surface area contributed by atoms with E-state index < -0.39 is 29.0 Å². The van der Waals surface area contributed by atoms with E-state index in [4.69, 9.17) is 23.7 Å². The molecule has 0 aliphatic heterocycles. The number of hydrogen-bond donors (Lipinski definition) is 0. The van der Waals surface area contributed by atoms with Gasteiger partial charge in [-0.15, -0.1) is 0 Å². The Labute approximate surface area is 166 Å². The van der Waals surface area contributed by atoms with Crippen LogP contribution in [0.1, 0.15) is 20.7 Å². The van der Waals surface area contributed by atoms with E-state index in [9.17, 15) is 19.7 Å². The van der Waals surface area contributed by atoms with E-state index in [1.54, 1.807) is 6.07 Å². The summed E-state index contributed by atoms with van der Waals surface area (Å²) in [7, 11) is 5.47. The van der Waals surface area contributed by atoms with Gasteiger partial charge < -0.3 is 23.7 Å². The Morgan fingerprint density at radius 3 is 2.03 bits per heavy atom. The van der Waals surface area contributed by atoms with E-state index in [1.165, 1.54) is 40.6 Å². The summed E-state index contributed by atoms with van der Waals surface area (Å²) in [5.74, 6) is -0.707. The lowest BCUT2D eigenvalue weighted by Crippen LogP contribution is -2.16. The van der Waals surface area contributed by atoms with Gasteiger partial charge in [0.05, 0.1) is 45.0 Å². The molecular weight excluding hydrogens is 386 g/mol. The molecule has 0 spiro atoms. The van der Waals surface area contributed by atoms with E-state index in [1.807, 2.05) is 0 Å². The Bertz CT molecular complexity index is 940. The van der Waals surface area contributed by atoms with Crippen LogP contribution >= 0.6 is 0 Å². The number of benzene rings is 2. The van der Waals surface area contributed by atoms with E-state index in [2.05, 4.69) is 0 Å². The lowest BCUT2D eigenvalue weighted by Gasteiger charge is -2.11. The third-order valence-electron chi connectivity index (χ3n) is 3.96. The second kappa shape index (κ2) is 9.40. The minimum absolute atomic E-state index is 0.0785. The summed E-state index contributed by atoms with van der Waals surface area (Å²) in [5.41, 5.74) is -0.743. The first kappa shape index (κ1) is 21.5. The van der Waals surface area contributed by atoms with Crippen LogP contribution in [0.2, 0.25) is 0 Å². The van der Waals surface area contributed by atoms with Crippen molar-refractivity contribution in [3.63, 3.8) is 0 Å². The SMILES string of the molecule is COc1ccc(C(=O)COC(=O)c2cc(OC)c(OC)cc2[N+](=O)[O-])c(OC)c1. The summed E-state index contributed by atoms with van der Waals surface area (Å²) in [6.45, 7) is -0.646. The van der Waals surface area contributed by atoms with Crippen molar-refractivity contribution in [3.8, 4) is 23.0 Å². The maximum Gasteiger partial charge on any atom is 0.345 e. The van der Waals surface area contributed by atoms with Gasteiger partial charge in [0.25, 0.3) is 5.69 Å². The second-order valence-corrected chi connectivity index (χ2v) is 5.55. The molecule has 0 N–H and O–H groups in total. The van der Waals surface area contributed by atoms with Gasteiger partial charge >= 0.3 is 5.97 Å². The van der Waals surface area contributed by atoms with Crippen LogP contribution in [0.4, 0.5) is 5.69 Å². The Kier molecular flexibility index (Phi) is 6.96. The predicted octanol–water partition coefficient (Wildman–Crippen LogP) is 2.67. The van der Waals surface area contributed by atoms with Gasteiger partial charge in [-0.25, -0.2) is 4.79 Å². The molecule has 0 aromatic heterocycles. The zero-order valence-electron chi connectivity index (χ0n) is 16.2. The molecule has 10 nitrogen and oxygen atoms in total. The Morgan fingerprint density at radius 2 is 1.48 bits per heavy atom. The molecule has 10 heteroatoms. The lowest BCUT2D eigenvalue weighted by atomic mass is 10.1. The fraction of sp³-hybridized carbons (Fsp3) is 0.263. The highest BCUT2D eigenvalue weighted by Gasteiger charge is 2.26. The zero-order chi connectivity index (χ0) is 21.6. The molecule has 0 radical (unpaired) electrons. The topological polar surface area (TPSA) is 123 Å². The number of carbonyl (C=O) groups is 2. The molecule has 2 aromatic carbocycles. The average Bonchev–Trinajstić information content (AvgIpc) is 2.75. The normalized spacial score (nSPS) is 10.1. The second-order valence-electron chi connectivity index (χ2n) is 5.55. The van der Waals surface area contributed by atoms with Crippen LogP contribution in [0.15, 0.2) is 30.3 Å². The van der Waals surface area contributed by atoms with Crippen molar-refractivity contribution in [2.24, 2.45) is 0 Å². The maximum atomic E-state index is 12.4. The largest absolute Gasteiger partial charge is 0.497 e. The molecule has 29 heavy (non-hydrogen) atoms. The molecule has 0 unspecified atom stereocenters. The first-order chi connectivity index (χ1) is 13.9. The summed E-state index contributed by atoms with van der Waals surface area (Å²) < 4.78 is 25.3. The van der Waals surface area contributed by atoms with E-state index in [0.717, 1.165) is 12.1 Å². The van der Waals surface area contributed by atoms with Crippen LogP contribution in [0, 0.1) is 10.1 Å². The van der Waals surface area contributed by atoms with E-state index >= 15 is 0 Å². The number of hydrogen-bond acceptors (Lipinski definition) is 9. The first-order valence-electron chi connectivity index (χ1n) is 8.19. The third kappa shape index (κ3) is 4.72. The fourth-order valence-electron chi connectivity index (χ4n) is 2.50. The molecule has 0 atom stereocenters. The van der Waals surface area contributed by atoms with Gasteiger partial charge in [-0.05, 0) is 12.1 Å². The molecular formula is C19H19NO9. The number of esters is 1. The van der Waals surface area contributed by atoms with Crippen molar-refractivity contribution in [1.29, 1.82) is 0 Å².